The molecule has 1 aliphatic rings. The van der Waals surface area contributed by atoms with Gasteiger partial charge in [-0.2, -0.15) is 5.10 Å². The summed E-state index contributed by atoms with van der Waals surface area (Å²) in [5.41, 5.74) is 1.42. The Morgan fingerprint density at radius 3 is 2.71 bits per heavy atom. The minimum absolute atomic E-state index is 0.0631. The third-order valence-electron chi connectivity index (χ3n) is 4.52. The Bertz CT molecular complexity index is 670. The number of amides is 1. The number of sulfonamides is 1. The van der Waals surface area contributed by atoms with Crippen LogP contribution in [0, 0.1) is 0 Å². The largest absolute Gasteiger partial charge is 0.345 e. The van der Waals surface area contributed by atoms with Gasteiger partial charge in [-0.1, -0.05) is 6.42 Å². The van der Waals surface area contributed by atoms with Crippen LogP contribution in [0.1, 0.15) is 41.4 Å². The van der Waals surface area contributed by atoms with Crippen molar-refractivity contribution in [2.45, 2.75) is 25.3 Å². The van der Waals surface area contributed by atoms with Gasteiger partial charge in [0.1, 0.15) is 0 Å². The number of carbonyl (C=O) groups excluding carboxylic acids is 1. The van der Waals surface area contributed by atoms with Gasteiger partial charge in [0.2, 0.25) is 10.0 Å². The molecular formula is C15H27N5O3S. The van der Waals surface area contributed by atoms with E-state index < -0.39 is 10.0 Å². The van der Waals surface area contributed by atoms with E-state index in [-0.39, 0.29) is 11.9 Å². The summed E-state index contributed by atoms with van der Waals surface area (Å²) < 4.78 is 24.5. The van der Waals surface area contributed by atoms with Gasteiger partial charge in [-0.15, -0.1) is 0 Å². The van der Waals surface area contributed by atoms with E-state index in [1.807, 2.05) is 0 Å². The molecule has 2 rings (SSSR count). The summed E-state index contributed by atoms with van der Waals surface area (Å²) in [6, 6.07) is 0.0631. The molecule has 1 unspecified atom stereocenters. The van der Waals surface area contributed by atoms with Crippen LogP contribution in [-0.2, 0) is 10.0 Å². The van der Waals surface area contributed by atoms with E-state index in [1.165, 1.54) is 10.6 Å². The van der Waals surface area contributed by atoms with Gasteiger partial charge in [0.25, 0.3) is 5.91 Å². The molecule has 0 spiro atoms. The monoisotopic (exact) mass is 357 g/mol. The van der Waals surface area contributed by atoms with Crippen molar-refractivity contribution in [3.8, 4) is 0 Å². The van der Waals surface area contributed by atoms with Gasteiger partial charge < -0.3 is 4.90 Å². The third kappa shape index (κ3) is 4.34. The van der Waals surface area contributed by atoms with E-state index in [2.05, 4.69) is 15.1 Å². The molecular weight excluding hydrogens is 330 g/mol. The van der Waals surface area contributed by atoms with Gasteiger partial charge in [-0.3, -0.25) is 14.8 Å². The molecule has 136 valence electrons. The molecule has 1 saturated heterocycles. The van der Waals surface area contributed by atoms with E-state index >= 15 is 0 Å². The number of carbonyl (C=O) groups is 1. The fourth-order valence-corrected chi connectivity index (χ4v) is 3.40. The Hall–Kier alpha value is -1.45. The Balaban J connectivity index is 2.16. The van der Waals surface area contributed by atoms with E-state index in [9.17, 15) is 13.2 Å². The molecule has 0 aliphatic carbocycles. The second-order valence-corrected chi connectivity index (χ2v) is 8.62. The highest BCUT2D eigenvalue weighted by atomic mass is 32.2. The maximum Gasteiger partial charge on any atom is 0.256 e. The van der Waals surface area contributed by atoms with E-state index in [4.69, 9.17) is 0 Å². The quantitative estimate of drug-likeness (QED) is 0.802. The molecule has 1 aliphatic heterocycles. The van der Waals surface area contributed by atoms with Crippen molar-refractivity contribution in [1.29, 1.82) is 0 Å². The zero-order valence-electron chi connectivity index (χ0n) is 14.8. The van der Waals surface area contributed by atoms with Crippen LogP contribution in [0.2, 0.25) is 0 Å². The number of aromatic nitrogens is 2. The third-order valence-corrected chi connectivity index (χ3v) is 5.84. The summed E-state index contributed by atoms with van der Waals surface area (Å²) in [4.78, 5) is 16.1. The number of nitrogens with zero attached hydrogens (tertiary/aromatic N) is 4. The van der Waals surface area contributed by atoms with Crippen LogP contribution < -0.4 is 0 Å². The van der Waals surface area contributed by atoms with Gasteiger partial charge in [0.05, 0.1) is 29.8 Å². The van der Waals surface area contributed by atoms with Crippen LogP contribution in [-0.4, -0.2) is 85.7 Å². The number of likely N-dealkylation sites (tertiary alicyclic amines) is 1. The molecule has 0 bridgehead atoms. The van der Waals surface area contributed by atoms with Gasteiger partial charge in [0.15, 0.2) is 0 Å². The Morgan fingerprint density at radius 1 is 1.38 bits per heavy atom. The highest BCUT2D eigenvalue weighted by Crippen LogP contribution is 2.31. The molecule has 8 nitrogen and oxygen atoms in total. The van der Waals surface area contributed by atoms with Crippen LogP contribution in [0.4, 0.5) is 0 Å². The van der Waals surface area contributed by atoms with Crippen LogP contribution in [0.15, 0.2) is 6.20 Å². The van der Waals surface area contributed by atoms with Crippen LogP contribution in [0.3, 0.4) is 0 Å². The minimum Gasteiger partial charge on any atom is -0.345 e. The summed E-state index contributed by atoms with van der Waals surface area (Å²) in [6.07, 6.45) is 5.87. The number of H-pyrrole nitrogens is 1. The molecule has 24 heavy (non-hydrogen) atoms. The first kappa shape index (κ1) is 18.9. The number of likely N-dealkylation sites (N-methyl/N-ethyl adjacent to an activating group) is 1. The lowest BCUT2D eigenvalue weighted by molar-refractivity contribution is 0.0819. The van der Waals surface area contributed by atoms with Crippen LogP contribution in [0.25, 0.3) is 0 Å². The molecule has 9 heteroatoms. The molecule has 1 aromatic rings. The zero-order chi connectivity index (χ0) is 17.9. The standard InChI is InChI=1S/C15H27N5O3S/c1-18(2)15(21)12-11-16-17-14(12)13-7-5-6-8-20(13)10-9-19(3)24(4,22)23/h11,13H,5-10H2,1-4H3,(H,16,17). The molecule has 0 saturated carbocycles. The molecule has 1 atom stereocenters. The van der Waals surface area contributed by atoms with Crippen molar-refractivity contribution in [3.63, 3.8) is 0 Å². The first-order valence-electron chi connectivity index (χ1n) is 8.12. The van der Waals surface area contributed by atoms with Gasteiger partial charge >= 0.3 is 0 Å². The highest BCUT2D eigenvalue weighted by Gasteiger charge is 2.30. The first-order chi connectivity index (χ1) is 11.2. The lowest BCUT2D eigenvalue weighted by atomic mass is 9.96. The smallest absolute Gasteiger partial charge is 0.256 e. The van der Waals surface area contributed by atoms with Crippen LogP contribution >= 0.6 is 0 Å². The Kier molecular flexibility index (Phi) is 6.00. The Morgan fingerprint density at radius 2 is 2.08 bits per heavy atom. The van der Waals surface area contributed by atoms with Crippen molar-refractivity contribution >= 4 is 15.9 Å². The average Bonchev–Trinajstić information content (AvgIpc) is 3.00. The van der Waals surface area contributed by atoms with Crippen LogP contribution in [0.5, 0.6) is 0 Å². The summed E-state index contributed by atoms with van der Waals surface area (Å²) >= 11 is 0. The molecule has 0 radical (unpaired) electrons. The Labute approximate surface area is 143 Å². The highest BCUT2D eigenvalue weighted by molar-refractivity contribution is 7.88. The summed E-state index contributed by atoms with van der Waals surface area (Å²) in [5, 5.41) is 7.05. The predicted molar refractivity (Wildman–Crippen MR) is 92.2 cm³/mol. The number of nitrogens with one attached hydrogen (secondary N) is 1. The number of piperidine rings is 1. The number of aromatic amines is 1. The fraction of sp³-hybridized carbons (Fsp3) is 0.733. The molecule has 1 fully saturated rings. The van der Waals surface area contributed by atoms with Gasteiger partial charge in [-0.25, -0.2) is 12.7 Å². The number of hydrogen-bond acceptors (Lipinski definition) is 5. The van der Waals surface area contributed by atoms with Crippen molar-refractivity contribution < 1.29 is 13.2 Å². The van der Waals surface area contributed by atoms with Crippen molar-refractivity contribution in [1.82, 2.24) is 24.3 Å². The minimum atomic E-state index is -3.18. The zero-order valence-corrected chi connectivity index (χ0v) is 15.6. The summed E-state index contributed by atoms with van der Waals surface area (Å²) in [5.74, 6) is -0.0717. The fourth-order valence-electron chi connectivity index (χ4n) is 2.98. The SMILES string of the molecule is CN(C)C(=O)c1cn[nH]c1C1CCCCN1CCN(C)S(C)(=O)=O. The predicted octanol–water partition coefficient (Wildman–Crippen LogP) is 0.530. The van der Waals surface area contributed by atoms with E-state index in [0.717, 1.165) is 31.5 Å². The maximum atomic E-state index is 12.3. The number of hydrogen-bond donors (Lipinski definition) is 1. The number of rotatable bonds is 6. The molecule has 1 aromatic heterocycles. The average molecular weight is 357 g/mol. The topological polar surface area (TPSA) is 89.6 Å². The molecule has 1 amide bonds. The lowest BCUT2D eigenvalue weighted by Crippen LogP contribution is -2.40. The van der Waals surface area contributed by atoms with E-state index in [1.54, 1.807) is 32.2 Å². The van der Waals surface area contributed by atoms with Crippen molar-refractivity contribution in [2.75, 3.05) is 47.0 Å². The van der Waals surface area contributed by atoms with Gasteiger partial charge in [0, 0.05) is 34.2 Å². The van der Waals surface area contributed by atoms with Crippen molar-refractivity contribution in [2.24, 2.45) is 0 Å². The maximum absolute atomic E-state index is 12.3. The molecule has 2 heterocycles. The van der Waals surface area contributed by atoms with Crippen molar-refractivity contribution in [3.05, 3.63) is 17.5 Å². The first-order valence-corrected chi connectivity index (χ1v) is 9.97. The van der Waals surface area contributed by atoms with E-state index in [0.29, 0.717) is 18.7 Å². The summed E-state index contributed by atoms with van der Waals surface area (Å²) in [6.45, 7) is 1.94. The summed E-state index contributed by atoms with van der Waals surface area (Å²) in [7, 11) is 1.85. The molecule has 0 aromatic carbocycles. The normalized spacial score (nSPS) is 19.6. The second kappa shape index (κ2) is 7.62. The second-order valence-electron chi connectivity index (χ2n) is 6.53. The lowest BCUT2D eigenvalue weighted by Gasteiger charge is -2.36. The van der Waals surface area contributed by atoms with Gasteiger partial charge in [-0.05, 0) is 19.4 Å². The molecule has 1 N–H and O–H groups in total.